The Balaban J connectivity index is 2.50. The van der Waals surface area contributed by atoms with Crippen molar-refractivity contribution in [1.29, 1.82) is 0 Å². The fraction of sp³-hybridized carbons (Fsp3) is 0.571. The second-order valence-electron chi connectivity index (χ2n) is 5.59. The molecule has 2 atom stereocenters. The van der Waals surface area contributed by atoms with Crippen LogP contribution >= 0.6 is 0 Å². The zero-order chi connectivity index (χ0) is 14.2. The van der Waals surface area contributed by atoms with Crippen molar-refractivity contribution in [2.45, 2.75) is 27.7 Å². The molecular formula is C14H22N4O. The van der Waals surface area contributed by atoms with Gasteiger partial charge in [-0.25, -0.2) is 0 Å². The maximum Gasteiger partial charge on any atom is 0.174 e. The Labute approximate surface area is 114 Å². The summed E-state index contributed by atoms with van der Waals surface area (Å²) in [5.41, 5.74) is 9.34. The lowest BCUT2D eigenvalue weighted by atomic mass is 10.0. The van der Waals surface area contributed by atoms with Crippen LogP contribution in [0.3, 0.4) is 0 Å². The smallest absolute Gasteiger partial charge is 0.174 e. The largest absolute Gasteiger partial charge is 0.409 e. The van der Waals surface area contributed by atoms with Crippen LogP contribution in [0.4, 0.5) is 5.69 Å². The van der Waals surface area contributed by atoms with Crippen molar-refractivity contribution >= 4 is 11.5 Å². The van der Waals surface area contributed by atoms with E-state index in [1.807, 2.05) is 19.9 Å². The third kappa shape index (κ3) is 2.50. The van der Waals surface area contributed by atoms with Gasteiger partial charge in [0.15, 0.2) is 5.84 Å². The average molecular weight is 262 g/mol. The van der Waals surface area contributed by atoms with E-state index in [0.717, 1.165) is 35.7 Å². The lowest BCUT2D eigenvalue weighted by Crippen LogP contribution is -2.26. The molecule has 1 aromatic rings. The van der Waals surface area contributed by atoms with Crippen LogP contribution in [-0.2, 0) is 0 Å². The molecule has 2 heterocycles. The predicted octanol–water partition coefficient (Wildman–Crippen LogP) is 1.89. The molecule has 104 valence electrons. The zero-order valence-electron chi connectivity index (χ0n) is 12.0. The van der Waals surface area contributed by atoms with E-state index in [2.05, 4.69) is 28.9 Å². The maximum atomic E-state index is 8.97. The maximum absolute atomic E-state index is 8.97. The Morgan fingerprint density at radius 3 is 2.47 bits per heavy atom. The minimum atomic E-state index is 0.132. The van der Waals surface area contributed by atoms with Gasteiger partial charge < -0.3 is 15.8 Å². The molecule has 0 aliphatic carbocycles. The highest BCUT2D eigenvalue weighted by Crippen LogP contribution is 2.31. The first kappa shape index (κ1) is 13.6. The van der Waals surface area contributed by atoms with E-state index in [9.17, 15) is 0 Å². The Hall–Kier alpha value is -1.78. The Bertz CT molecular complexity index is 502. The molecule has 1 aromatic heterocycles. The molecule has 0 spiro atoms. The van der Waals surface area contributed by atoms with Crippen molar-refractivity contribution in [3.05, 3.63) is 23.0 Å². The summed E-state index contributed by atoms with van der Waals surface area (Å²) in [4.78, 5) is 6.72. The second kappa shape index (κ2) is 5.07. The van der Waals surface area contributed by atoms with E-state index >= 15 is 0 Å². The van der Waals surface area contributed by atoms with Crippen LogP contribution in [-0.4, -0.2) is 29.1 Å². The highest BCUT2D eigenvalue weighted by atomic mass is 16.4. The third-order valence-electron chi connectivity index (χ3n) is 4.00. The molecule has 3 N–H and O–H groups in total. The molecule has 0 radical (unpaired) electrons. The number of hydrogen-bond donors (Lipinski definition) is 2. The van der Waals surface area contributed by atoms with Gasteiger partial charge in [0.05, 0.1) is 16.9 Å². The quantitative estimate of drug-likeness (QED) is 0.369. The second-order valence-corrected chi connectivity index (χ2v) is 5.59. The van der Waals surface area contributed by atoms with Gasteiger partial charge in [-0.2, -0.15) is 0 Å². The normalized spacial score (nSPS) is 24.0. The summed E-state index contributed by atoms with van der Waals surface area (Å²) < 4.78 is 0. The molecule has 0 bridgehead atoms. The number of nitrogens with two attached hydrogens (primary N) is 1. The van der Waals surface area contributed by atoms with E-state index in [-0.39, 0.29) is 5.84 Å². The van der Waals surface area contributed by atoms with Crippen molar-refractivity contribution in [1.82, 2.24) is 4.98 Å². The Morgan fingerprint density at radius 2 is 1.95 bits per heavy atom. The summed E-state index contributed by atoms with van der Waals surface area (Å²) in [5.74, 6) is 1.43. The van der Waals surface area contributed by atoms with Gasteiger partial charge in [-0.15, -0.1) is 0 Å². The summed E-state index contributed by atoms with van der Waals surface area (Å²) in [6.07, 6.45) is 0. The number of amidine groups is 1. The molecule has 1 saturated heterocycles. The standard InChI is InChI=1S/C14H22N4O/c1-8-6-18(7-9(8)2)12-5-10(3)16-11(4)13(12)14(15)17-19/h5,8-9,19H,6-7H2,1-4H3,(H2,15,17). The molecule has 2 rings (SSSR count). The van der Waals surface area contributed by atoms with Gasteiger partial charge in [0.25, 0.3) is 0 Å². The van der Waals surface area contributed by atoms with Crippen LogP contribution in [0, 0.1) is 25.7 Å². The molecule has 1 aliphatic heterocycles. The third-order valence-corrected chi connectivity index (χ3v) is 4.00. The number of nitrogens with zero attached hydrogens (tertiary/aromatic N) is 3. The first-order chi connectivity index (χ1) is 8.93. The highest BCUT2D eigenvalue weighted by molar-refractivity contribution is 6.03. The lowest BCUT2D eigenvalue weighted by molar-refractivity contribution is 0.318. The molecule has 2 unspecified atom stereocenters. The van der Waals surface area contributed by atoms with Crippen LogP contribution in [0.15, 0.2) is 11.2 Å². The van der Waals surface area contributed by atoms with E-state index in [4.69, 9.17) is 10.9 Å². The predicted molar refractivity (Wildman–Crippen MR) is 76.8 cm³/mol. The molecule has 1 aliphatic rings. The van der Waals surface area contributed by atoms with E-state index in [1.54, 1.807) is 0 Å². The number of aryl methyl sites for hydroxylation is 2. The molecule has 19 heavy (non-hydrogen) atoms. The number of pyridine rings is 1. The minimum absolute atomic E-state index is 0.132. The number of oxime groups is 1. The van der Waals surface area contributed by atoms with E-state index < -0.39 is 0 Å². The number of hydrogen-bond acceptors (Lipinski definition) is 4. The fourth-order valence-corrected chi connectivity index (χ4v) is 2.75. The Kier molecular flexibility index (Phi) is 3.64. The van der Waals surface area contributed by atoms with E-state index in [1.165, 1.54) is 0 Å². The zero-order valence-corrected chi connectivity index (χ0v) is 12.0. The summed E-state index contributed by atoms with van der Waals surface area (Å²) in [7, 11) is 0. The first-order valence-electron chi connectivity index (χ1n) is 6.65. The van der Waals surface area contributed by atoms with Gasteiger partial charge in [-0.05, 0) is 31.7 Å². The van der Waals surface area contributed by atoms with Crippen molar-refractivity contribution in [3.8, 4) is 0 Å². The van der Waals surface area contributed by atoms with Crippen molar-refractivity contribution in [2.75, 3.05) is 18.0 Å². The minimum Gasteiger partial charge on any atom is -0.409 e. The summed E-state index contributed by atoms with van der Waals surface area (Å²) in [6, 6.07) is 2.02. The van der Waals surface area contributed by atoms with Gasteiger partial charge >= 0.3 is 0 Å². The van der Waals surface area contributed by atoms with Crippen LogP contribution in [0.25, 0.3) is 0 Å². The van der Waals surface area contributed by atoms with Crippen LogP contribution in [0.1, 0.15) is 30.8 Å². The lowest BCUT2D eigenvalue weighted by Gasteiger charge is -2.23. The molecule has 0 amide bonds. The van der Waals surface area contributed by atoms with Gasteiger partial charge in [-0.3, -0.25) is 4.98 Å². The van der Waals surface area contributed by atoms with Gasteiger partial charge in [0.2, 0.25) is 0 Å². The van der Waals surface area contributed by atoms with Gasteiger partial charge in [0.1, 0.15) is 0 Å². The molecule has 5 heteroatoms. The first-order valence-corrected chi connectivity index (χ1v) is 6.65. The molecule has 1 fully saturated rings. The van der Waals surface area contributed by atoms with Crippen molar-refractivity contribution < 1.29 is 5.21 Å². The number of rotatable bonds is 2. The SMILES string of the molecule is Cc1cc(N2CC(C)C(C)C2)c(/C(N)=N/O)c(C)n1. The van der Waals surface area contributed by atoms with Gasteiger partial charge in [-0.1, -0.05) is 19.0 Å². The molecule has 0 aromatic carbocycles. The van der Waals surface area contributed by atoms with E-state index in [0.29, 0.717) is 11.8 Å². The summed E-state index contributed by atoms with van der Waals surface area (Å²) >= 11 is 0. The van der Waals surface area contributed by atoms with Crippen molar-refractivity contribution in [2.24, 2.45) is 22.7 Å². The summed E-state index contributed by atoms with van der Waals surface area (Å²) in [5, 5.41) is 12.1. The van der Waals surface area contributed by atoms with Crippen molar-refractivity contribution in [3.63, 3.8) is 0 Å². The monoisotopic (exact) mass is 262 g/mol. The number of anilines is 1. The molecular weight excluding hydrogens is 240 g/mol. The average Bonchev–Trinajstić information content (AvgIpc) is 2.68. The number of aromatic nitrogens is 1. The Morgan fingerprint density at radius 1 is 1.37 bits per heavy atom. The topological polar surface area (TPSA) is 74.7 Å². The summed E-state index contributed by atoms with van der Waals surface area (Å²) in [6.45, 7) is 10.4. The highest BCUT2D eigenvalue weighted by Gasteiger charge is 2.29. The molecule has 5 nitrogen and oxygen atoms in total. The molecule has 0 saturated carbocycles. The van der Waals surface area contributed by atoms with Crippen LogP contribution in [0.5, 0.6) is 0 Å². The van der Waals surface area contributed by atoms with Gasteiger partial charge in [0, 0.05) is 18.8 Å². The fourth-order valence-electron chi connectivity index (χ4n) is 2.75. The van der Waals surface area contributed by atoms with Crippen LogP contribution in [0.2, 0.25) is 0 Å². The van der Waals surface area contributed by atoms with Crippen LogP contribution < -0.4 is 10.6 Å².